The molecule has 1 heterocycles. The summed E-state index contributed by atoms with van der Waals surface area (Å²) in [4.78, 5) is 8.69. The van der Waals surface area contributed by atoms with Gasteiger partial charge >= 0.3 is 0 Å². The van der Waals surface area contributed by atoms with E-state index in [0.717, 1.165) is 18.1 Å². The van der Waals surface area contributed by atoms with Gasteiger partial charge in [-0.25, -0.2) is 9.98 Å². The molecule has 5 heteroatoms. The molecule has 3 N–H and O–H groups in total. The predicted molar refractivity (Wildman–Crippen MR) is 87.2 cm³/mol. The van der Waals surface area contributed by atoms with Gasteiger partial charge in [0.2, 0.25) is 0 Å². The van der Waals surface area contributed by atoms with Gasteiger partial charge in [-0.1, -0.05) is 26.0 Å². The smallest absolute Gasteiger partial charge is 0.193 e. The lowest BCUT2D eigenvalue weighted by atomic mass is 10.2. The minimum atomic E-state index is 0.402. The molecule has 112 valence electrons. The summed E-state index contributed by atoms with van der Waals surface area (Å²) in [6, 6.07) is 8.03. The van der Waals surface area contributed by atoms with Crippen LogP contribution in [0.1, 0.15) is 25.2 Å². The summed E-state index contributed by atoms with van der Waals surface area (Å²) >= 11 is 0. The molecule has 0 saturated carbocycles. The Labute approximate surface area is 125 Å². The Morgan fingerprint density at radius 1 is 1.43 bits per heavy atom. The molecule has 21 heavy (non-hydrogen) atoms. The topological polar surface area (TPSA) is 68.2 Å². The van der Waals surface area contributed by atoms with Crippen molar-refractivity contribution < 1.29 is 0 Å². The summed E-state index contributed by atoms with van der Waals surface area (Å²) in [5.41, 5.74) is 8.05. The highest BCUT2D eigenvalue weighted by atomic mass is 15.1. The molecule has 0 unspecified atom stereocenters. The Morgan fingerprint density at radius 2 is 2.24 bits per heavy atom. The Balaban J connectivity index is 1.99. The lowest BCUT2D eigenvalue weighted by Crippen LogP contribution is -2.23. The van der Waals surface area contributed by atoms with Crippen molar-refractivity contribution >= 4 is 11.6 Å². The summed E-state index contributed by atoms with van der Waals surface area (Å²) in [6.45, 7) is 7.82. The van der Waals surface area contributed by atoms with Crippen molar-refractivity contribution in [1.29, 1.82) is 0 Å². The number of nitrogens with zero attached hydrogens (tertiary/aromatic N) is 3. The Morgan fingerprint density at radius 3 is 2.95 bits per heavy atom. The molecule has 0 amide bonds. The van der Waals surface area contributed by atoms with Crippen molar-refractivity contribution in [2.24, 2.45) is 16.6 Å². The van der Waals surface area contributed by atoms with Crippen LogP contribution in [0.3, 0.4) is 0 Å². The number of hydrogen-bond acceptors (Lipinski definition) is 2. The molecule has 0 atom stereocenters. The third kappa shape index (κ3) is 4.63. The van der Waals surface area contributed by atoms with Crippen LogP contribution in [0.5, 0.6) is 0 Å². The molecule has 2 rings (SSSR count). The van der Waals surface area contributed by atoms with Crippen molar-refractivity contribution in [2.45, 2.75) is 33.9 Å². The first kappa shape index (κ1) is 15.1. The third-order valence-corrected chi connectivity index (χ3v) is 3.04. The maximum Gasteiger partial charge on any atom is 0.193 e. The van der Waals surface area contributed by atoms with Gasteiger partial charge in [-0.05, 0) is 30.5 Å². The number of imidazole rings is 1. The van der Waals surface area contributed by atoms with E-state index in [-0.39, 0.29) is 0 Å². The quantitative estimate of drug-likeness (QED) is 0.655. The SMILES string of the molecule is Cc1cccc(NC(N)=NCc2nccn2CC(C)C)c1. The highest BCUT2D eigenvalue weighted by molar-refractivity contribution is 5.92. The van der Waals surface area contributed by atoms with E-state index in [0.29, 0.717) is 18.4 Å². The highest BCUT2D eigenvalue weighted by Gasteiger charge is 2.04. The van der Waals surface area contributed by atoms with Crippen LogP contribution in [0, 0.1) is 12.8 Å². The van der Waals surface area contributed by atoms with Gasteiger partial charge in [0.15, 0.2) is 5.96 Å². The summed E-state index contributed by atoms with van der Waals surface area (Å²) < 4.78 is 2.12. The summed E-state index contributed by atoms with van der Waals surface area (Å²) in [5, 5.41) is 3.10. The molecule has 5 nitrogen and oxygen atoms in total. The molecule has 0 aliphatic heterocycles. The van der Waals surface area contributed by atoms with Crippen molar-refractivity contribution in [3.8, 4) is 0 Å². The zero-order valence-electron chi connectivity index (χ0n) is 12.9. The summed E-state index contributed by atoms with van der Waals surface area (Å²) in [6.07, 6.45) is 3.78. The molecule has 0 saturated heterocycles. The minimum Gasteiger partial charge on any atom is -0.370 e. The van der Waals surface area contributed by atoms with Gasteiger partial charge in [0.1, 0.15) is 12.4 Å². The molecule has 1 aromatic carbocycles. The van der Waals surface area contributed by atoms with Gasteiger partial charge in [-0.3, -0.25) is 0 Å². The number of benzene rings is 1. The van der Waals surface area contributed by atoms with Crippen LogP contribution in [-0.2, 0) is 13.1 Å². The van der Waals surface area contributed by atoms with Gasteiger partial charge in [0.05, 0.1) is 0 Å². The van der Waals surface area contributed by atoms with E-state index in [1.807, 2.05) is 37.4 Å². The van der Waals surface area contributed by atoms with Gasteiger partial charge in [-0.2, -0.15) is 0 Å². The normalized spacial score (nSPS) is 11.9. The Hall–Kier alpha value is -2.30. The fourth-order valence-electron chi connectivity index (χ4n) is 2.12. The monoisotopic (exact) mass is 285 g/mol. The summed E-state index contributed by atoms with van der Waals surface area (Å²) in [7, 11) is 0. The number of nitrogens with two attached hydrogens (primary N) is 1. The van der Waals surface area contributed by atoms with Crippen molar-refractivity contribution in [3.05, 3.63) is 48.0 Å². The van der Waals surface area contributed by atoms with E-state index in [9.17, 15) is 0 Å². The number of aromatic nitrogens is 2. The molecular weight excluding hydrogens is 262 g/mol. The average molecular weight is 285 g/mol. The van der Waals surface area contributed by atoms with E-state index in [1.165, 1.54) is 5.56 Å². The molecule has 0 aliphatic carbocycles. The maximum atomic E-state index is 5.93. The molecule has 0 bridgehead atoms. The predicted octanol–water partition coefficient (Wildman–Crippen LogP) is 2.77. The van der Waals surface area contributed by atoms with Gasteiger partial charge in [0, 0.05) is 24.6 Å². The van der Waals surface area contributed by atoms with Crippen LogP contribution in [0.15, 0.2) is 41.7 Å². The molecule has 0 aliphatic rings. The molecule has 0 radical (unpaired) electrons. The molecule has 0 spiro atoms. The van der Waals surface area contributed by atoms with Crippen molar-refractivity contribution in [2.75, 3.05) is 5.32 Å². The first-order valence-corrected chi connectivity index (χ1v) is 7.18. The zero-order chi connectivity index (χ0) is 15.2. The molecule has 1 aromatic heterocycles. The first-order chi connectivity index (χ1) is 10.0. The van der Waals surface area contributed by atoms with Crippen LogP contribution >= 0.6 is 0 Å². The number of guanidine groups is 1. The molecule has 2 aromatic rings. The highest BCUT2D eigenvalue weighted by Crippen LogP contribution is 2.09. The van der Waals surface area contributed by atoms with Crippen LogP contribution < -0.4 is 11.1 Å². The van der Waals surface area contributed by atoms with Crippen LogP contribution in [0.2, 0.25) is 0 Å². The van der Waals surface area contributed by atoms with Crippen molar-refractivity contribution in [1.82, 2.24) is 9.55 Å². The largest absolute Gasteiger partial charge is 0.370 e. The van der Waals surface area contributed by atoms with Gasteiger partial charge in [-0.15, -0.1) is 0 Å². The van der Waals surface area contributed by atoms with Gasteiger partial charge in [0.25, 0.3) is 0 Å². The number of rotatable bonds is 5. The van der Waals surface area contributed by atoms with E-state index < -0.39 is 0 Å². The molecular formula is C16H23N5. The lowest BCUT2D eigenvalue weighted by Gasteiger charge is -2.09. The first-order valence-electron chi connectivity index (χ1n) is 7.18. The standard InChI is InChI=1S/C16H23N5/c1-12(2)11-21-8-7-18-15(21)10-19-16(17)20-14-6-4-5-13(3)9-14/h4-9,12H,10-11H2,1-3H3,(H3,17,19,20). The fraction of sp³-hybridized carbons (Fsp3) is 0.375. The van der Waals surface area contributed by atoms with E-state index >= 15 is 0 Å². The Kier molecular flexibility index (Phi) is 4.98. The van der Waals surface area contributed by atoms with Crippen LogP contribution in [0.4, 0.5) is 5.69 Å². The minimum absolute atomic E-state index is 0.402. The second-order valence-corrected chi connectivity index (χ2v) is 5.59. The second kappa shape index (κ2) is 6.92. The van der Waals surface area contributed by atoms with E-state index in [2.05, 4.69) is 33.7 Å². The number of anilines is 1. The lowest BCUT2D eigenvalue weighted by molar-refractivity contribution is 0.507. The van der Waals surface area contributed by atoms with E-state index in [1.54, 1.807) is 6.20 Å². The number of nitrogens with one attached hydrogen (secondary N) is 1. The average Bonchev–Trinajstić information content (AvgIpc) is 2.83. The fourth-order valence-corrected chi connectivity index (χ4v) is 2.12. The number of aliphatic imine (C=N–C) groups is 1. The van der Waals surface area contributed by atoms with Crippen molar-refractivity contribution in [3.63, 3.8) is 0 Å². The van der Waals surface area contributed by atoms with Gasteiger partial charge < -0.3 is 15.6 Å². The molecule has 0 fully saturated rings. The Bertz CT molecular complexity index is 613. The van der Waals surface area contributed by atoms with Crippen LogP contribution in [0.25, 0.3) is 0 Å². The number of hydrogen-bond donors (Lipinski definition) is 2. The summed E-state index contributed by atoms with van der Waals surface area (Å²) in [5.74, 6) is 1.90. The van der Waals surface area contributed by atoms with E-state index in [4.69, 9.17) is 5.73 Å². The third-order valence-electron chi connectivity index (χ3n) is 3.04. The van der Waals surface area contributed by atoms with Crippen LogP contribution in [-0.4, -0.2) is 15.5 Å². The number of aryl methyl sites for hydroxylation is 1. The maximum absolute atomic E-state index is 5.93. The second-order valence-electron chi connectivity index (χ2n) is 5.59. The zero-order valence-corrected chi connectivity index (χ0v) is 12.9.